The molecule has 222 valence electrons. The largest absolute Gasteiger partial charge is 0.481 e. The van der Waals surface area contributed by atoms with Crippen molar-refractivity contribution in [2.24, 2.45) is 5.92 Å². The van der Waals surface area contributed by atoms with Gasteiger partial charge in [-0.1, -0.05) is 31.9 Å². The van der Waals surface area contributed by atoms with Crippen LogP contribution in [0.25, 0.3) is 0 Å². The number of hydrogen-bond acceptors (Lipinski definition) is 9. The van der Waals surface area contributed by atoms with Crippen LogP contribution in [0.4, 0.5) is 28.4 Å². The van der Waals surface area contributed by atoms with Crippen molar-refractivity contribution in [3.8, 4) is 12.1 Å². The highest BCUT2D eigenvalue weighted by Gasteiger charge is 2.22. The Bertz CT molecular complexity index is 1340. The third-order valence-corrected chi connectivity index (χ3v) is 6.65. The van der Waals surface area contributed by atoms with Crippen molar-refractivity contribution in [2.75, 3.05) is 34.2 Å². The van der Waals surface area contributed by atoms with Crippen molar-refractivity contribution < 1.29 is 19.6 Å². The summed E-state index contributed by atoms with van der Waals surface area (Å²) >= 11 is 0. The van der Waals surface area contributed by atoms with Gasteiger partial charge in [0.15, 0.2) is 0 Å². The number of nitro groups is 1. The Hall–Kier alpha value is -5.10. The number of nitrogens with zero attached hydrogens (tertiary/aromatic N) is 4. The SMILES string of the molecule is CCCCC/C=C/CC(CC(=O)Nc1cc(N(CC)CC)ccc1NNc1c(C#N)cc([N+](=O)[O-])cc1C#N)C(=O)O. The highest BCUT2D eigenvalue weighted by molar-refractivity contribution is 5.97. The zero-order valence-corrected chi connectivity index (χ0v) is 24.1. The Kier molecular flexibility index (Phi) is 13.3. The summed E-state index contributed by atoms with van der Waals surface area (Å²) in [5, 5.41) is 42.8. The second-order valence-corrected chi connectivity index (χ2v) is 9.54. The number of allylic oxidation sites excluding steroid dienone is 2. The molecule has 2 rings (SSSR count). The Morgan fingerprint density at radius 1 is 1.02 bits per heavy atom. The maximum atomic E-state index is 13.0. The number of unbranched alkanes of at least 4 members (excludes halogenated alkanes) is 3. The summed E-state index contributed by atoms with van der Waals surface area (Å²) in [6.07, 6.45) is 7.85. The Morgan fingerprint density at radius 2 is 1.69 bits per heavy atom. The number of aliphatic carboxylic acids is 1. The number of nitro benzene ring substituents is 1. The van der Waals surface area contributed by atoms with Crippen molar-refractivity contribution in [1.82, 2.24) is 0 Å². The summed E-state index contributed by atoms with van der Waals surface area (Å²) in [7, 11) is 0. The van der Waals surface area contributed by atoms with Crippen molar-refractivity contribution in [3.05, 3.63) is 63.7 Å². The number of amides is 1. The molecular formula is C30H37N7O5. The summed E-state index contributed by atoms with van der Waals surface area (Å²) in [4.78, 5) is 37.5. The smallest absolute Gasteiger partial charge is 0.307 e. The first-order chi connectivity index (χ1) is 20.2. The lowest BCUT2D eigenvalue weighted by atomic mass is 10.0. The normalized spacial score (nSPS) is 11.3. The van der Waals surface area contributed by atoms with E-state index in [2.05, 4.69) is 28.0 Å². The quantitative estimate of drug-likeness (QED) is 0.0734. The van der Waals surface area contributed by atoms with Gasteiger partial charge in [-0.3, -0.25) is 30.6 Å². The zero-order chi connectivity index (χ0) is 31.1. The predicted molar refractivity (Wildman–Crippen MR) is 162 cm³/mol. The van der Waals surface area contributed by atoms with E-state index < -0.39 is 28.4 Å². The molecule has 0 saturated carbocycles. The van der Waals surface area contributed by atoms with Gasteiger partial charge in [-0.25, -0.2) is 0 Å². The molecule has 0 aliphatic carbocycles. The van der Waals surface area contributed by atoms with Crippen LogP contribution in [0.1, 0.15) is 70.4 Å². The minimum atomic E-state index is -1.06. The average molecular weight is 576 g/mol. The molecule has 0 heterocycles. The molecule has 12 heteroatoms. The molecule has 12 nitrogen and oxygen atoms in total. The Balaban J connectivity index is 2.32. The molecule has 4 N–H and O–H groups in total. The molecule has 1 unspecified atom stereocenters. The van der Waals surface area contributed by atoms with Crippen molar-refractivity contribution in [3.63, 3.8) is 0 Å². The molecule has 0 saturated heterocycles. The van der Waals surface area contributed by atoms with Crippen LogP contribution in [0.3, 0.4) is 0 Å². The van der Waals surface area contributed by atoms with E-state index in [1.807, 2.05) is 44.2 Å². The molecule has 1 atom stereocenters. The fourth-order valence-electron chi connectivity index (χ4n) is 4.29. The van der Waals surface area contributed by atoms with E-state index in [0.29, 0.717) is 24.5 Å². The first-order valence-electron chi connectivity index (χ1n) is 13.9. The van der Waals surface area contributed by atoms with Crippen molar-refractivity contribution >= 4 is 40.3 Å². The molecular weight excluding hydrogens is 538 g/mol. The lowest BCUT2D eigenvalue weighted by Crippen LogP contribution is -2.24. The maximum Gasteiger partial charge on any atom is 0.307 e. The Morgan fingerprint density at radius 3 is 2.24 bits per heavy atom. The molecule has 0 aromatic heterocycles. The van der Waals surface area contributed by atoms with Gasteiger partial charge in [0, 0.05) is 37.3 Å². The minimum absolute atomic E-state index is 0.0346. The monoisotopic (exact) mass is 575 g/mol. The first-order valence-corrected chi connectivity index (χ1v) is 13.9. The number of rotatable bonds is 17. The molecule has 42 heavy (non-hydrogen) atoms. The number of carboxylic acid groups (broad SMARTS) is 1. The summed E-state index contributed by atoms with van der Waals surface area (Å²) in [5.41, 5.74) is 6.59. The van der Waals surface area contributed by atoms with Crippen LogP contribution in [0.15, 0.2) is 42.5 Å². The predicted octanol–water partition coefficient (Wildman–Crippen LogP) is 6.18. The fraction of sp³-hybridized carbons (Fsp3) is 0.400. The summed E-state index contributed by atoms with van der Waals surface area (Å²) in [5.74, 6) is -2.46. The van der Waals surface area contributed by atoms with Crippen molar-refractivity contribution in [2.45, 2.75) is 59.3 Å². The second kappa shape index (κ2) is 16.9. The molecule has 0 spiro atoms. The number of anilines is 4. The number of carboxylic acids is 1. The van der Waals surface area contributed by atoms with E-state index in [0.717, 1.165) is 43.5 Å². The van der Waals surface area contributed by atoms with Crippen LogP contribution in [0.5, 0.6) is 0 Å². The van der Waals surface area contributed by atoms with Gasteiger partial charge in [0.25, 0.3) is 5.69 Å². The van der Waals surface area contributed by atoms with E-state index >= 15 is 0 Å². The van der Waals surface area contributed by atoms with Gasteiger partial charge in [-0.15, -0.1) is 0 Å². The van der Waals surface area contributed by atoms with Crippen LogP contribution in [-0.2, 0) is 9.59 Å². The number of carbonyl (C=O) groups is 2. The van der Waals surface area contributed by atoms with E-state index in [1.54, 1.807) is 12.1 Å². The topological polar surface area (TPSA) is 184 Å². The number of carbonyl (C=O) groups excluding carboxylic acids is 1. The van der Waals surface area contributed by atoms with Gasteiger partial charge >= 0.3 is 5.97 Å². The molecule has 1 amide bonds. The molecule has 2 aromatic carbocycles. The van der Waals surface area contributed by atoms with Crippen LogP contribution in [0, 0.1) is 38.7 Å². The highest BCUT2D eigenvalue weighted by Crippen LogP contribution is 2.31. The minimum Gasteiger partial charge on any atom is -0.481 e. The lowest BCUT2D eigenvalue weighted by molar-refractivity contribution is -0.384. The zero-order valence-electron chi connectivity index (χ0n) is 24.1. The molecule has 0 aliphatic heterocycles. The molecule has 0 fully saturated rings. The number of nitriles is 2. The maximum absolute atomic E-state index is 13.0. The second-order valence-electron chi connectivity index (χ2n) is 9.54. The fourth-order valence-corrected chi connectivity index (χ4v) is 4.29. The van der Waals surface area contributed by atoms with E-state index in [4.69, 9.17) is 0 Å². The van der Waals surface area contributed by atoms with Gasteiger partial charge in [-0.05, 0) is 51.3 Å². The lowest BCUT2D eigenvalue weighted by Gasteiger charge is -2.24. The highest BCUT2D eigenvalue weighted by atomic mass is 16.6. The van der Waals surface area contributed by atoms with Gasteiger partial charge in [0.05, 0.1) is 39.0 Å². The standard InChI is InChI=1S/C30H37N7O5/c1-4-7-8-9-10-11-12-21(30(39)40)17-28(38)33-27-18-24(36(5-2)6-3)13-14-26(27)34-35-29-22(19-31)15-25(37(41)42)16-23(29)20-32/h10-11,13-16,18,21,34-35H,4-9,12,17H2,1-3H3,(H,33,38)(H,39,40)/b11-10+. The summed E-state index contributed by atoms with van der Waals surface area (Å²) < 4.78 is 0. The van der Waals surface area contributed by atoms with E-state index in [1.165, 1.54) is 0 Å². The van der Waals surface area contributed by atoms with Crippen LogP contribution >= 0.6 is 0 Å². The van der Waals surface area contributed by atoms with Gasteiger partial charge < -0.3 is 15.3 Å². The summed E-state index contributed by atoms with van der Waals surface area (Å²) in [6, 6.07) is 11.1. The molecule has 0 radical (unpaired) electrons. The number of nitrogens with one attached hydrogen (secondary N) is 3. The van der Waals surface area contributed by atoms with Gasteiger partial charge in [-0.2, -0.15) is 10.5 Å². The van der Waals surface area contributed by atoms with Crippen LogP contribution < -0.4 is 21.1 Å². The number of hydrazine groups is 1. The number of hydrogen-bond donors (Lipinski definition) is 4. The third-order valence-electron chi connectivity index (χ3n) is 6.65. The van der Waals surface area contributed by atoms with E-state index in [-0.39, 0.29) is 29.7 Å². The van der Waals surface area contributed by atoms with E-state index in [9.17, 15) is 35.3 Å². The summed E-state index contributed by atoms with van der Waals surface area (Å²) in [6.45, 7) is 7.51. The third kappa shape index (κ3) is 9.52. The van der Waals surface area contributed by atoms with Crippen LogP contribution in [-0.4, -0.2) is 35.0 Å². The number of non-ortho nitro benzene ring substituents is 1. The molecule has 0 bridgehead atoms. The number of benzene rings is 2. The molecule has 0 aliphatic rings. The molecule has 2 aromatic rings. The average Bonchev–Trinajstić information content (AvgIpc) is 2.97. The van der Waals surface area contributed by atoms with Gasteiger partial charge in [0.1, 0.15) is 12.1 Å². The van der Waals surface area contributed by atoms with Crippen LogP contribution in [0.2, 0.25) is 0 Å². The van der Waals surface area contributed by atoms with Gasteiger partial charge in [0.2, 0.25) is 5.91 Å². The van der Waals surface area contributed by atoms with Crippen molar-refractivity contribution in [1.29, 1.82) is 10.5 Å². The first kappa shape index (κ1) is 33.1. The Labute approximate surface area is 245 Å².